The highest BCUT2D eigenvalue weighted by atomic mass is 16.3. The predicted molar refractivity (Wildman–Crippen MR) is 82.2 cm³/mol. The highest BCUT2D eigenvalue weighted by Crippen LogP contribution is 2.50. The number of rotatable bonds is 10. The predicted octanol–water partition coefficient (Wildman–Crippen LogP) is 4.74. The Kier molecular flexibility index (Phi) is 7.88. The van der Waals surface area contributed by atoms with Gasteiger partial charge in [0.25, 0.3) is 0 Å². The Morgan fingerprint density at radius 3 is 1.74 bits per heavy atom. The van der Waals surface area contributed by atoms with Crippen molar-refractivity contribution in [3.05, 3.63) is 0 Å². The van der Waals surface area contributed by atoms with Gasteiger partial charge in [-0.3, -0.25) is 4.79 Å². The Morgan fingerprint density at radius 2 is 1.47 bits per heavy atom. The Balaban J connectivity index is 5.31. The van der Waals surface area contributed by atoms with E-state index in [9.17, 15) is 9.90 Å². The third-order valence-corrected chi connectivity index (χ3v) is 5.13. The third-order valence-electron chi connectivity index (χ3n) is 5.13. The fourth-order valence-corrected chi connectivity index (χ4v) is 3.17. The zero-order chi connectivity index (χ0) is 15.1. The van der Waals surface area contributed by atoms with Gasteiger partial charge >= 0.3 is 0 Å². The van der Waals surface area contributed by atoms with E-state index in [4.69, 9.17) is 0 Å². The number of carbonyl (C=O) groups excluding carboxylic acids is 1. The zero-order valence-corrected chi connectivity index (χ0v) is 13.9. The second kappa shape index (κ2) is 8.04. The van der Waals surface area contributed by atoms with Gasteiger partial charge in [0, 0.05) is 5.41 Å². The molecule has 0 rings (SSSR count). The first-order chi connectivity index (χ1) is 8.79. The number of hydrogen-bond donors (Lipinski definition) is 1. The lowest BCUT2D eigenvalue weighted by Gasteiger charge is -2.46. The molecule has 2 atom stereocenters. The summed E-state index contributed by atoms with van der Waals surface area (Å²) < 4.78 is 0. The molecule has 0 spiro atoms. The SMILES string of the molecule is CCCCC(C)(CCCC)C(C)(CC)C(=O)C(C)O. The van der Waals surface area contributed by atoms with Gasteiger partial charge in [-0.15, -0.1) is 0 Å². The second-order valence-corrected chi connectivity index (χ2v) is 6.49. The lowest BCUT2D eigenvalue weighted by Crippen LogP contribution is -2.47. The van der Waals surface area contributed by atoms with Crippen LogP contribution in [0, 0.1) is 10.8 Å². The molecule has 0 radical (unpaired) electrons. The van der Waals surface area contributed by atoms with Crippen LogP contribution in [0.3, 0.4) is 0 Å². The number of ketones is 1. The summed E-state index contributed by atoms with van der Waals surface area (Å²) in [6, 6.07) is 0. The van der Waals surface area contributed by atoms with Gasteiger partial charge in [-0.25, -0.2) is 0 Å². The van der Waals surface area contributed by atoms with Gasteiger partial charge in [0.05, 0.1) is 0 Å². The van der Waals surface area contributed by atoms with E-state index in [0.717, 1.165) is 44.9 Å². The molecule has 0 aromatic rings. The quantitative estimate of drug-likeness (QED) is 0.622. The van der Waals surface area contributed by atoms with E-state index in [2.05, 4.69) is 34.6 Å². The summed E-state index contributed by atoms with van der Waals surface area (Å²) in [5.74, 6) is 0.0182. The van der Waals surface area contributed by atoms with Gasteiger partial charge in [0.2, 0.25) is 0 Å². The van der Waals surface area contributed by atoms with E-state index < -0.39 is 11.5 Å². The molecule has 0 aliphatic heterocycles. The van der Waals surface area contributed by atoms with Crippen molar-refractivity contribution < 1.29 is 9.90 Å². The summed E-state index contributed by atoms with van der Waals surface area (Å²) in [5.41, 5.74) is -0.409. The maximum Gasteiger partial charge on any atom is 0.167 e. The normalized spacial score (nSPS) is 17.0. The molecule has 2 heteroatoms. The first-order valence-electron chi connectivity index (χ1n) is 8.01. The van der Waals surface area contributed by atoms with Crippen LogP contribution in [-0.4, -0.2) is 17.0 Å². The van der Waals surface area contributed by atoms with Crippen molar-refractivity contribution in [3.63, 3.8) is 0 Å². The molecule has 2 nitrogen and oxygen atoms in total. The van der Waals surface area contributed by atoms with Crippen LogP contribution in [0.2, 0.25) is 0 Å². The van der Waals surface area contributed by atoms with E-state index in [-0.39, 0.29) is 11.2 Å². The first-order valence-corrected chi connectivity index (χ1v) is 8.01. The van der Waals surface area contributed by atoms with Crippen molar-refractivity contribution in [2.45, 2.75) is 92.6 Å². The van der Waals surface area contributed by atoms with Crippen LogP contribution in [-0.2, 0) is 4.79 Å². The lowest BCUT2D eigenvalue weighted by molar-refractivity contribution is -0.145. The molecule has 19 heavy (non-hydrogen) atoms. The van der Waals surface area contributed by atoms with E-state index in [1.165, 1.54) is 0 Å². The first kappa shape index (κ1) is 18.6. The van der Waals surface area contributed by atoms with Crippen LogP contribution in [0.25, 0.3) is 0 Å². The summed E-state index contributed by atoms with van der Waals surface area (Å²) >= 11 is 0. The zero-order valence-electron chi connectivity index (χ0n) is 13.9. The Bertz CT molecular complexity index is 262. The van der Waals surface area contributed by atoms with Crippen LogP contribution in [0.15, 0.2) is 0 Å². The van der Waals surface area contributed by atoms with Crippen LogP contribution in [0.4, 0.5) is 0 Å². The summed E-state index contributed by atoms with van der Waals surface area (Å²) in [7, 11) is 0. The fraction of sp³-hybridized carbons (Fsp3) is 0.941. The molecule has 0 aromatic heterocycles. The average Bonchev–Trinajstić information content (AvgIpc) is 2.40. The molecule has 1 N–H and O–H groups in total. The van der Waals surface area contributed by atoms with Crippen molar-refractivity contribution in [1.82, 2.24) is 0 Å². The Hall–Kier alpha value is -0.370. The summed E-state index contributed by atoms with van der Waals surface area (Å²) in [5, 5.41) is 9.75. The van der Waals surface area contributed by atoms with E-state index in [0.29, 0.717) is 0 Å². The lowest BCUT2D eigenvalue weighted by atomic mass is 9.57. The highest BCUT2D eigenvalue weighted by molar-refractivity contribution is 5.88. The standard InChI is InChI=1S/C17H34O2/c1-7-10-12-16(5,13-11-8-2)17(6,9-3)15(19)14(4)18/h14,18H,7-13H2,1-6H3. The molecule has 0 saturated heterocycles. The number of Topliss-reactive ketones (excluding diaryl/α,β-unsaturated/α-hetero) is 1. The minimum Gasteiger partial charge on any atom is -0.386 e. The van der Waals surface area contributed by atoms with Gasteiger partial charge < -0.3 is 5.11 Å². The number of aliphatic hydroxyl groups is 1. The van der Waals surface area contributed by atoms with E-state index >= 15 is 0 Å². The third kappa shape index (κ3) is 4.30. The van der Waals surface area contributed by atoms with E-state index in [1.807, 2.05) is 0 Å². The average molecular weight is 270 g/mol. The van der Waals surface area contributed by atoms with Crippen molar-refractivity contribution in [2.75, 3.05) is 0 Å². The van der Waals surface area contributed by atoms with Gasteiger partial charge in [-0.1, -0.05) is 60.3 Å². The van der Waals surface area contributed by atoms with Crippen LogP contribution in [0.5, 0.6) is 0 Å². The van der Waals surface area contributed by atoms with Crippen LogP contribution in [0.1, 0.15) is 86.5 Å². The van der Waals surface area contributed by atoms with Gasteiger partial charge in [0.1, 0.15) is 6.10 Å². The van der Waals surface area contributed by atoms with Gasteiger partial charge in [-0.2, -0.15) is 0 Å². The molecule has 0 aromatic carbocycles. The van der Waals surface area contributed by atoms with Crippen molar-refractivity contribution in [3.8, 4) is 0 Å². The molecule has 2 unspecified atom stereocenters. The topological polar surface area (TPSA) is 37.3 Å². The number of aliphatic hydroxyl groups excluding tert-OH is 1. The summed E-state index contributed by atoms with van der Waals surface area (Å²) in [4.78, 5) is 12.5. The minimum atomic E-state index is -0.854. The molecule has 0 fully saturated rings. The van der Waals surface area contributed by atoms with Crippen LogP contribution >= 0.6 is 0 Å². The minimum absolute atomic E-state index is 0.00183. The molecule has 0 aliphatic carbocycles. The molecule has 0 amide bonds. The Morgan fingerprint density at radius 1 is 1.05 bits per heavy atom. The van der Waals surface area contributed by atoms with Crippen molar-refractivity contribution >= 4 is 5.78 Å². The molecule has 0 saturated carbocycles. The van der Waals surface area contributed by atoms with E-state index in [1.54, 1.807) is 6.92 Å². The smallest absolute Gasteiger partial charge is 0.167 e. The second-order valence-electron chi connectivity index (χ2n) is 6.49. The molecule has 0 aliphatic rings. The monoisotopic (exact) mass is 270 g/mol. The highest BCUT2D eigenvalue weighted by Gasteiger charge is 2.48. The number of hydrogen-bond acceptors (Lipinski definition) is 2. The molecule has 0 heterocycles. The maximum atomic E-state index is 12.5. The summed E-state index contributed by atoms with van der Waals surface area (Å²) in [6.45, 7) is 12.4. The molecular formula is C17H34O2. The molecular weight excluding hydrogens is 236 g/mol. The van der Waals surface area contributed by atoms with Gasteiger partial charge in [-0.05, 0) is 31.6 Å². The molecule has 114 valence electrons. The van der Waals surface area contributed by atoms with Gasteiger partial charge in [0.15, 0.2) is 5.78 Å². The maximum absolute atomic E-state index is 12.5. The van der Waals surface area contributed by atoms with Crippen molar-refractivity contribution in [2.24, 2.45) is 10.8 Å². The Labute approximate surface area is 120 Å². The van der Waals surface area contributed by atoms with Crippen LogP contribution < -0.4 is 0 Å². The molecule has 0 bridgehead atoms. The fourth-order valence-electron chi connectivity index (χ4n) is 3.17. The number of unbranched alkanes of at least 4 members (excludes halogenated alkanes) is 2. The van der Waals surface area contributed by atoms with Crippen molar-refractivity contribution in [1.29, 1.82) is 0 Å². The number of carbonyl (C=O) groups is 1. The largest absolute Gasteiger partial charge is 0.386 e. The summed E-state index contributed by atoms with van der Waals surface area (Å²) in [6.07, 6.45) is 6.73.